The lowest BCUT2D eigenvalue weighted by Crippen LogP contribution is -2.48. The van der Waals surface area contributed by atoms with Gasteiger partial charge in [0.2, 0.25) is 0 Å². The minimum atomic E-state index is -0.470. The lowest BCUT2D eigenvalue weighted by atomic mass is 9.84. The second kappa shape index (κ2) is 7.72. The monoisotopic (exact) mass is 348 g/mol. The Bertz CT molecular complexity index is 620. The normalized spacial score (nSPS) is 23.5. The molecule has 2 fully saturated rings. The van der Waals surface area contributed by atoms with Crippen molar-refractivity contribution in [1.29, 1.82) is 0 Å². The third-order valence-corrected chi connectivity index (χ3v) is 5.45. The molecule has 138 valence electrons. The van der Waals surface area contributed by atoms with E-state index in [1.54, 1.807) is 6.07 Å². The Morgan fingerprint density at radius 1 is 1.24 bits per heavy atom. The standard InChI is InChI=1S/C19H28N2O4/c1-12-9-15(16(22)10-13(12)2)18(20)14-3-5-21(6-4-14)19(23)17-11-24-7-8-25-17/h9-10,14,17-18,22H,3-8,11,20H2,1-2H3/t17?,18-/m1/s1. The van der Waals surface area contributed by atoms with Crippen LogP contribution < -0.4 is 5.73 Å². The first kappa shape index (κ1) is 18.2. The molecule has 2 saturated heterocycles. The van der Waals surface area contributed by atoms with E-state index in [1.807, 2.05) is 24.8 Å². The molecule has 1 aromatic rings. The van der Waals surface area contributed by atoms with E-state index in [0.29, 0.717) is 32.9 Å². The summed E-state index contributed by atoms with van der Waals surface area (Å²) in [7, 11) is 0. The number of aryl methyl sites for hydroxylation is 2. The van der Waals surface area contributed by atoms with Crippen molar-refractivity contribution < 1.29 is 19.4 Å². The maximum absolute atomic E-state index is 12.5. The molecule has 1 aromatic carbocycles. The van der Waals surface area contributed by atoms with Crippen molar-refractivity contribution in [2.75, 3.05) is 32.9 Å². The number of likely N-dealkylation sites (tertiary alicyclic amines) is 1. The van der Waals surface area contributed by atoms with Crippen molar-refractivity contribution in [3.8, 4) is 5.75 Å². The second-order valence-electron chi connectivity index (χ2n) is 7.12. The van der Waals surface area contributed by atoms with Crippen molar-refractivity contribution in [2.24, 2.45) is 11.7 Å². The molecule has 1 amide bonds. The van der Waals surface area contributed by atoms with Gasteiger partial charge in [-0.25, -0.2) is 0 Å². The van der Waals surface area contributed by atoms with E-state index < -0.39 is 6.10 Å². The van der Waals surface area contributed by atoms with Gasteiger partial charge in [-0.15, -0.1) is 0 Å². The first-order valence-corrected chi connectivity index (χ1v) is 9.01. The number of hydrogen-bond donors (Lipinski definition) is 2. The quantitative estimate of drug-likeness (QED) is 0.868. The molecule has 0 aromatic heterocycles. The number of nitrogens with two attached hydrogens (primary N) is 1. The number of ether oxygens (including phenoxy) is 2. The molecule has 3 rings (SSSR count). The van der Waals surface area contributed by atoms with Gasteiger partial charge in [-0.1, -0.05) is 6.07 Å². The van der Waals surface area contributed by atoms with E-state index in [1.165, 1.54) is 0 Å². The van der Waals surface area contributed by atoms with Crippen LogP contribution in [0.5, 0.6) is 5.75 Å². The Kier molecular flexibility index (Phi) is 5.61. The average Bonchev–Trinajstić information content (AvgIpc) is 2.64. The van der Waals surface area contributed by atoms with Gasteiger partial charge in [0.05, 0.1) is 19.8 Å². The largest absolute Gasteiger partial charge is 0.508 e. The fourth-order valence-electron chi connectivity index (χ4n) is 3.66. The molecule has 2 aliphatic heterocycles. The maximum atomic E-state index is 12.5. The van der Waals surface area contributed by atoms with Crippen LogP contribution in [-0.2, 0) is 14.3 Å². The van der Waals surface area contributed by atoms with Crippen LogP contribution >= 0.6 is 0 Å². The highest BCUT2D eigenvalue weighted by Gasteiger charge is 2.33. The van der Waals surface area contributed by atoms with Gasteiger partial charge in [0.25, 0.3) is 5.91 Å². The van der Waals surface area contributed by atoms with Gasteiger partial charge >= 0.3 is 0 Å². The Morgan fingerprint density at radius 2 is 1.92 bits per heavy atom. The molecule has 1 unspecified atom stereocenters. The Balaban J connectivity index is 1.60. The number of hydrogen-bond acceptors (Lipinski definition) is 5. The SMILES string of the molecule is Cc1cc(O)c([C@H](N)C2CCN(C(=O)C3COCCO3)CC2)cc1C. The molecule has 0 bridgehead atoms. The van der Waals surface area contributed by atoms with Crippen molar-refractivity contribution in [2.45, 2.75) is 38.8 Å². The summed E-state index contributed by atoms with van der Waals surface area (Å²) in [5, 5.41) is 10.3. The second-order valence-corrected chi connectivity index (χ2v) is 7.12. The minimum absolute atomic E-state index is 0.0146. The number of nitrogens with zero attached hydrogens (tertiary/aromatic N) is 1. The lowest BCUT2D eigenvalue weighted by molar-refractivity contribution is -0.159. The van der Waals surface area contributed by atoms with Crippen LogP contribution in [0.2, 0.25) is 0 Å². The molecule has 25 heavy (non-hydrogen) atoms. The topological polar surface area (TPSA) is 85.0 Å². The number of carbonyl (C=O) groups excluding carboxylic acids is 1. The van der Waals surface area contributed by atoms with Crippen molar-refractivity contribution >= 4 is 5.91 Å². The van der Waals surface area contributed by atoms with Crippen molar-refractivity contribution in [3.63, 3.8) is 0 Å². The predicted molar refractivity (Wildman–Crippen MR) is 94.4 cm³/mol. The maximum Gasteiger partial charge on any atom is 0.254 e. The van der Waals surface area contributed by atoms with Gasteiger partial charge < -0.3 is 25.2 Å². The van der Waals surface area contributed by atoms with Crippen molar-refractivity contribution in [1.82, 2.24) is 4.90 Å². The number of phenols is 1. The molecule has 3 N–H and O–H groups in total. The fourth-order valence-corrected chi connectivity index (χ4v) is 3.66. The van der Waals surface area contributed by atoms with Gasteiger partial charge in [0.1, 0.15) is 5.75 Å². The number of amides is 1. The van der Waals surface area contributed by atoms with E-state index in [-0.39, 0.29) is 23.6 Å². The summed E-state index contributed by atoms with van der Waals surface area (Å²) < 4.78 is 10.8. The van der Waals surface area contributed by atoms with Gasteiger partial charge in [0, 0.05) is 24.7 Å². The van der Waals surface area contributed by atoms with Crippen molar-refractivity contribution in [3.05, 3.63) is 28.8 Å². The number of aromatic hydroxyl groups is 1. The summed E-state index contributed by atoms with van der Waals surface area (Å²) in [4.78, 5) is 14.3. The zero-order valence-corrected chi connectivity index (χ0v) is 15.0. The summed E-state index contributed by atoms with van der Waals surface area (Å²) in [6.45, 7) is 6.72. The van der Waals surface area contributed by atoms with Gasteiger partial charge in [-0.3, -0.25) is 4.79 Å². The third-order valence-electron chi connectivity index (χ3n) is 5.45. The minimum Gasteiger partial charge on any atom is -0.508 e. The first-order valence-electron chi connectivity index (χ1n) is 9.01. The van der Waals surface area contributed by atoms with E-state index in [0.717, 1.165) is 29.5 Å². The number of carbonyl (C=O) groups is 1. The van der Waals surface area contributed by atoms with E-state index >= 15 is 0 Å². The molecular formula is C19H28N2O4. The molecule has 0 saturated carbocycles. The molecular weight excluding hydrogens is 320 g/mol. The van der Waals surface area contributed by atoms with Crippen LogP contribution in [0.25, 0.3) is 0 Å². The molecule has 0 spiro atoms. The number of piperidine rings is 1. The molecule has 6 nitrogen and oxygen atoms in total. The molecule has 2 atom stereocenters. The Labute approximate surface area is 148 Å². The smallest absolute Gasteiger partial charge is 0.254 e. The number of phenolic OH excluding ortho intramolecular Hbond substituents is 1. The fraction of sp³-hybridized carbons (Fsp3) is 0.632. The summed E-state index contributed by atoms with van der Waals surface area (Å²) >= 11 is 0. The van der Waals surface area contributed by atoms with Crippen LogP contribution in [0.3, 0.4) is 0 Å². The number of rotatable bonds is 3. The predicted octanol–water partition coefficient (Wildman–Crippen LogP) is 1.66. The Morgan fingerprint density at radius 3 is 2.56 bits per heavy atom. The van der Waals surface area contributed by atoms with Crippen LogP contribution in [0.1, 0.15) is 35.6 Å². The Hall–Kier alpha value is -1.63. The molecule has 0 radical (unpaired) electrons. The highest BCUT2D eigenvalue weighted by Crippen LogP contribution is 2.35. The van der Waals surface area contributed by atoms with Crippen LogP contribution in [0.15, 0.2) is 12.1 Å². The molecule has 0 aliphatic carbocycles. The number of benzene rings is 1. The third kappa shape index (κ3) is 3.97. The van der Waals surface area contributed by atoms with Gasteiger partial charge in [0.15, 0.2) is 6.10 Å². The lowest BCUT2D eigenvalue weighted by Gasteiger charge is -2.37. The van der Waals surface area contributed by atoms with E-state index in [2.05, 4.69) is 0 Å². The summed E-state index contributed by atoms with van der Waals surface area (Å²) in [5.74, 6) is 0.531. The van der Waals surface area contributed by atoms with Crippen LogP contribution in [0.4, 0.5) is 0 Å². The molecule has 2 aliphatic rings. The summed E-state index contributed by atoms with van der Waals surface area (Å²) in [5.41, 5.74) is 9.44. The van der Waals surface area contributed by atoms with Gasteiger partial charge in [-0.05, 0) is 49.8 Å². The first-order chi connectivity index (χ1) is 12.0. The highest BCUT2D eigenvalue weighted by atomic mass is 16.6. The average molecular weight is 348 g/mol. The molecule has 2 heterocycles. The summed E-state index contributed by atoms with van der Waals surface area (Å²) in [6.07, 6.45) is 1.18. The summed E-state index contributed by atoms with van der Waals surface area (Å²) in [6, 6.07) is 3.55. The highest BCUT2D eigenvalue weighted by molar-refractivity contribution is 5.81. The van der Waals surface area contributed by atoms with E-state index in [9.17, 15) is 9.90 Å². The van der Waals surface area contributed by atoms with Crippen LogP contribution in [0, 0.1) is 19.8 Å². The molecule has 6 heteroatoms. The van der Waals surface area contributed by atoms with Crippen LogP contribution in [-0.4, -0.2) is 54.9 Å². The van der Waals surface area contributed by atoms with E-state index in [4.69, 9.17) is 15.2 Å². The zero-order valence-electron chi connectivity index (χ0n) is 15.0. The zero-order chi connectivity index (χ0) is 18.0. The van der Waals surface area contributed by atoms with Gasteiger partial charge in [-0.2, -0.15) is 0 Å².